The quantitative estimate of drug-likeness (QED) is 0.610. The van der Waals surface area contributed by atoms with Crippen LogP contribution in [0, 0.1) is 23.2 Å². The summed E-state index contributed by atoms with van der Waals surface area (Å²) in [6.45, 7) is 2.54. The van der Waals surface area contributed by atoms with E-state index in [1.54, 1.807) is 38.5 Å². The van der Waals surface area contributed by atoms with Crippen molar-refractivity contribution in [2.75, 3.05) is 0 Å². The Morgan fingerprint density at radius 1 is 0.800 bits per heavy atom. The predicted molar refractivity (Wildman–Crippen MR) is 64.7 cm³/mol. The molecule has 0 radical (unpaired) electrons. The minimum absolute atomic E-state index is 0.859. The fourth-order valence-corrected chi connectivity index (χ4v) is 4.82. The van der Waals surface area contributed by atoms with Gasteiger partial charge in [-0.2, -0.15) is 0 Å². The predicted octanol–water partition coefficient (Wildman–Crippen LogP) is 4.78. The summed E-state index contributed by atoms with van der Waals surface area (Å²) in [7, 11) is 0. The molecule has 15 heavy (non-hydrogen) atoms. The van der Waals surface area contributed by atoms with Gasteiger partial charge in [0.2, 0.25) is 0 Å². The highest BCUT2D eigenvalue weighted by Gasteiger charge is 2.52. The van der Waals surface area contributed by atoms with E-state index in [1.807, 2.05) is 0 Å². The lowest BCUT2D eigenvalue weighted by Crippen LogP contribution is -2.49. The number of rotatable bonds is 2. The Balaban J connectivity index is 1.76. The lowest BCUT2D eigenvalue weighted by molar-refractivity contribution is -0.0851. The molecule has 0 heterocycles. The molecule has 0 saturated heterocycles. The molecule has 3 rings (SSSR count). The van der Waals surface area contributed by atoms with Gasteiger partial charge in [-0.05, 0) is 55.3 Å². The van der Waals surface area contributed by atoms with E-state index < -0.39 is 0 Å². The summed E-state index contributed by atoms with van der Waals surface area (Å²) in [6, 6.07) is 0. The van der Waals surface area contributed by atoms with Crippen LogP contribution in [-0.2, 0) is 0 Å². The van der Waals surface area contributed by atoms with Gasteiger partial charge in [-0.15, -0.1) is 0 Å². The smallest absolute Gasteiger partial charge is 0.0238 e. The Morgan fingerprint density at radius 2 is 1.53 bits per heavy atom. The third kappa shape index (κ3) is 1.47. The average molecular weight is 206 g/mol. The molecule has 2 atom stereocenters. The first-order valence-corrected chi connectivity index (χ1v) is 7.33. The Labute approximate surface area is 94.8 Å². The molecule has 0 nitrogen and oxygen atoms in total. The molecule has 0 bridgehead atoms. The van der Waals surface area contributed by atoms with Gasteiger partial charge in [0.1, 0.15) is 0 Å². The number of hydrogen-bond donors (Lipinski definition) is 0. The van der Waals surface area contributed by atoms with E-state index in [4.69, 9.17) is 0 Å². The molecule has 0 amide bonds. The van der Waals surface area contributed by atoms with Crippen LogP contribution < -0.4 is 0 Å². The second-order valence-corrected chi connectivity index (χ2v) is 6.58. The largest absolute Gasteiger partial charge is 0.0622 e. The van der Waals surface area contributed by atoms with Gasteiger partial charge in [0.25, 0.3) is 0 Å². The molecule has 0 spiro atoms. The third-order valence-corrected chi connectivity index (χ3v) is 6.05. The molecular weight excluding hydrogens is 180 g/mol. The van der Waals surface area contributed by atoms with Crippen molar-refractivity contribution >= 4 is 0 Å². The molecule has 3 saturated carbocycles. The van der Waals surface area contributed by atoms with Gasteiger partial charge in [0.15, 0.2) is 0 Å². The monoisotopic (exact) mass is 206 g/mol. The highest BCUT2D eigenvalue weighted by molar-refractivity contribution is 5.02. The van der Waals surface area contributed by atoms with E-state index in [9.17, 15) is 0 Å². The van der Waals surface area contributed by atoms with Crippen molar-refractivity contribution < 1.29 is 0 Å². The van der Waals surface area contributed by atoms with Crippen molar-refractivity contribution in [1.29, 1.82) is 0 Å². The van der Waals surface area contributed by atoms with E-state index in [2.05, 4.69) is 6.92 Å². The van der Waals surface area contributed by atoms with E-state index >= 15 is 0 Å². The van der Waals surface area contributed by atoms with E-state index in [0.29, 0.717) is 0 Å². The van der Waals surface area contributed by atoms with Gasteiger partial charge in [-0.1, -0.05) is 39.0 Å². The van der Waals surface area contributed by atoms with E-state index in [1.165, 1.54) is 25.7 Å². The Kier molecular flexibility index (Phi) is 2.57. The minimum atomic E-state index is 0.859. The third-order valence-electron chi connectivity index (χ3n) is 6.05. The zero-order valence-corrected chi connectivity index (χ0v) is 10.3. The summed E-state index contributed by atoms with van der Waals surface area (Å²) in [5.41, 5.74) is 0.859. The van der Waals surface area contributed by atoms with Gasteiger partial charge in [-0.25, -0.2) is 0 Å². The van der Waals surface area contributed by atoms with E-state index in [0.717, 1.165) is 23.2 Å². The van der Waals surface area contributed by atoms with Gasteiger partial charge in [0.05, 0.1) is 0 Å². The fraction of sp³-hybridized carbons (Fsp3) is 1.00. The van der Waals surface area contributed by atoms with Crippen LogP contribution in [0.2, 0.25) is 0 Å². The Hall–Kier alpha value is 0. The maximum atomic E-state index is 2.54. The molecule has 0 aromatic carbocycles. The molecular formula is C15H26. The van der Waals surface area contributed by atoms with Crippen LogP contribution in [0.15, 0.2) is 0 Å². The van der Waals surface area contributed by atoms with Crippen LogP contribution in [-0.4, -0.2) is 0 Å². The van der Waals surface area contributed by atoms with Crippen molar-refractivity contribution in [1.82, 2.24) is 0 Å². The van der Waals surface area contributed by atoms with Crippen LogP contribution in [0.1, 0.15) is 71.1 Å². The summed E-state index contributed by atoms with van der Waals surface area (Å²) >= 11 is 0. The molecule has 1 unspecified atom stereocenters. The molecule has 3 fully saturated rings. The lowest BCUT2D eigenvalue weighted by atomic mass is 9.46. The number of hydrogen-bond acceptors (Lipinski definition) is 0. The standard InChI is InChI=1S/C15H26/c1-12-6-2-3-9-14(12)15(10-5-11-15)13-7-4-8-13/h12-14H,2-11H2,1H3/t12?,14-/m0/s1. The fourth-order valence-electron chi connectivity index (χ4n) is 4.82. The lowest BCUT2D eigenvalue weighted by Gasteiger charge is -2.58. The van der Waals surface area contributed by atoms with Gasteiger partial charge in [-0.3, -0.25) is 0 Å². The Morgan fingerprint density at radius 3 is 2.00 bits per heavy atom. The van der Waals surface area contributed by atoms with Crippen LogP contribution in [0.5, 0.6) is 0 Å². The summed E-state index contributed by atoms with van der Waals surface area (Å²) in [5, 5.41) is 0. The van der Waals surface area contributed by atoms with Crippen molar-refractivity contribution in [3.63, 3.8) is 0 Å². The maximum Gasteiger partial charge on any atom is -0.0238 e. The van der Waals surface area contributed by atoms with Gasteiger partial charge < -0.3 is 0 Å². The van der Waals surface area contributed by atoms with Crippen LogP contribution in [0.25, 0.3) is 0 Å². The summed E-state index contributed by atoms with van der Waals surface area (Å²) in [4.78, 5) is 0. The molecule has 0 heteroatoms. The molecule has 0 N–H and O–H groups in total. The van der Waals surface area contributed by atoms with Gasteiger partial charge in [0, 0.05) is 0 Å². The average Bonchev–Trinajstić information content (AvgIpc) is 2.09. The van der Waals surface area contributed by atoms with Crippen LogP contribution in [0.3, 0.4) is 0 Å². The molecule has 0 aromatic heterocycles. The summed E-state index contributed by atoms with van der Waals surface area (Å²) < 4.78 is 0. The second-order valence-electron chi connectivity index (χ2n) is 6.58. The highest BCUT2D eigenvalue weighted by atomic mass is 14.6. The van der Waals surface area contributed by atoms with E-state index in [-0.39, 0.29) is 0 Å². The van der Waals surface area contributed by atoms with Crippen molar-refractivity contribution in [3.8, 4) is 0 Å². The topological polar surface area (TPSA) is 0 Å². The molecule has 0 aromatic rings. The molecule has 0 aliphatic heterocycles. The Bertz CT molecular complexity index is 222. The first-order chi connectivity index (χ1) is 7.33. The van der Waals surface area contributed by atoms with Crippen molar-refractivity contribution in [2.24, 2.45) is 23.2 Å². The van der Waals surface area contributed by atoms with Crippen LogP contribution in [0.4, 0.5) is 0 Å². The van der Waals surface area contributed by atoms with Crippen LogP contribution >= 0.6 is 0 Å². The zero-order chi connectivity index (χ0) is 10.3. The van der Waals surface area contributed by atoms with Crippen molar-refractivity contribution in [3.05, 3.63) is 0 Å². The molecule has 3 aliphatic carbocycles. The normalized spacial score (nSPS) is 40.6. The SMILES string of the molecule is CC1CCCC[C@@H]1C1(C2CCC2)CCC1. The first-order valence-electron chi connectivity index (χ1n) is 7.33. The minimum Gasteiger partial charge on any atom is -0.0622 e. The summed E-state index contributed by atoms with van der Waals surface area (Å²) in [6.07, 6.45) is 15.5. The highest BCUT2D eigenvalue weighted by Crippen LogP contribution is 2.62. The maximum absolute atomic E-state index is 2.54. The zero-order valence-electron chi connectivity index (χ0n) is 10.3. The molecule has 3 aliphatic rings. The molecule has 86 valence electrons. The summed E-state index contributed by atoms with van der Waals surface area (Å²) in [5.74, 6) is 3.31. The second kappa shape index (κ2) is 3.79. The van der Waals surface area contributed by atoms with Gasteiger partial charge >= 0.3 is 0 Å². The first kappa shape index (κ1) is 10.2. The van der Waals surface area contributed by atoms with Crippen molar-refractivity contribution in [2.45, 2.75) is 71.1 Å².